The normalized spacial score (nSPS) is 12.2. The molecule has 2 N–H and O–H groups in total. The minimum absolute atomic E-state index is 0.370. The van der Waals surface area contributed by atoms with Gasteiger partial charge in [0.25, 0.3) is 0 Å². The molecule has 7 nitrogen and oxygen atoms in total. The summed E-state index contributed by atoms with van der Waals surface area (Å²) in [4.78, 5) is 4.98. The molecule has 0 spiro atoms. The number of aliphatic imine (C=N–C) groups is 1. The van der Waals surface area contributed by atoms with Crippen molar-refractivity contribution in [3.8, 4) is 0 Å². The summed E-state index contributed by atoms with van der Waals surface area (Å²) in [7, 11) is -3.20. The van der Waals surface area contributed by atoms with Gasteiger partial charge in [0, 0.05) is 31.6 Å². The Morgan fingerprint density at radius 1 is 1.18 bits per heavy atom. The average Bonchev–Trinajstić information content (AvgIpc) is 2.92. The summed E-state index contributed by atoms with van der Waals surface area (Å²) in [6, 6.07) is 7.44. The first-order valence-electron chi connectivity index (χ1n) is 9.53. The Balaban J connectivity index is 1.93. The van der Waals surface area contributed by atoms with Gasteiger partial charge in [-0.1, -0.05) is 12.1 Å². The SMILES string of the molecule is CCNC(=NCc1ccc(S(C)(=O)=O)c(C)c1)NCCCn1nc(C)cc1C. The van der Waals surface area contributed by atoms with Crippen molar-refractivity contribution in [1.82, 2.24) is 20.4 Å². The molecule has 28 heavy (non-hydrogen) atoms. The third kappa shape index (κ3) is 6.37. The zero-order chi connectivity index (χ0) is 20.7. The summed E-state index contributed by atoms with van der Waals surface area (Å²) in [5.41, 5.74) is 3.94. The van der Waals surface area contributed by atoms with Gasteiger partial charge in [-0.3, -0.25) is 4.68 Å². The van der Waals surface area contributed by atoms with E-state index in [1.54, 1.807) is 6.07 Å². The smallest absolute Gasteiger partial charge is 0.191 e. The lowest BCUT2D eigenvalue weighted by Crippen LogP contribution is -2.38. The molecule has 0 radical (unpaired) electrons. The van der Waals surface area contributed by atoms with Crippen LogP contribution in [0.4, 0.5) is 0 Å². The van der Waals surface area contributed by atoms with Gasteiger partial charge in [-0.05, 0) is 57.4 Å². The van der Waals surface area contributed by atoms with Crippen molar-refractivity contribution < 1.29 is 8.42 Å². The Morgan fingerprint density at radius 3 is 2.50 bits per heavy atom. The van der Waals surface area contributed by atoms with E-state index in [0.29, 0.717) is 11.4 Å². The molecule has 154 valence electrons. The Labute approximate surface area is 168 Å². The molecular weight excluding hydrogens is 374 g/mol. The number of hydrogen-bond donors (Lipinski definition) is 2. The van der Waals surface area contributed by atoms with Crippen LogP contribution in [0.5, 0.6) is 0 Å². The fourth-order valence-corrected chi connectivity index (χ4v) is 4.03. The zero-order valence-corrected chi connectivity index (χ0v) is 18.2. The average molecular weight is 406 g/mol. The van der Waals surface area contributed by atoms with Gasteiger partial charge in [0.1, 0.15) is 0 Å². The van der Waals surface area contributed by atoms with Crippen molar-refractivity contribution in [1.29, 1.82) is 0 Å². The fourth-order valence-electron chi connectivity index (χ4n) is 3.07. The molecule has 0 aliphatic rings. The highest BCUT2D eigenvalue weighted by Gasteiger charge is 2.10. The molecule has 0 aliphatic carbocycles. The maximum Gasteiger partial charge on any atom is 0.191 e. The quantitative estimate of drug-likeness (QED) is 0.400. The van der Waals surface area contributed by atoms with Crippen LogP contribution in [-0.2, 0) is 22.9 Å². The summed E-state index contributed by atoms with van der Waals surface area (Å²) in [5.74, 6) is 0.751. The number of aryl methyl sites for hydroxylation is 4. The summed E-state index contributed by atoms with van der Waals surface area (Å²) >= 11 is 0. The van der Waals surface area contributed by atoms with Crippen LogP contribution < -0.4 is 10.6 Å². The van der Waals surface area contributed by atoms with Crippen LogP contribution in [0.15, 0.2) is 34.2 Å². The lowest BCUT2D eigenvalue weighted by Gasteiger charge is -2.12. The first kappa shape index (κ1) is 21.9. The van der Waals surface area contributed by atoms with Crippen molar-refractivity contribution >= 4 is 15.8 Å². The van der Waals surface area contributed by atoms with Gasteiger partial charge >= 0.3 is 0 Å². The van der Waals surface area contributed by atoms with Gasteiger partial charge in [0.15, 0.2) is 15.8 Å². The fraction of sp³-hybridized carbons (Fsp3) is 0.500. The number of sulfone groups is 1. The van der Waals surface area contributed by atoms with Crippen LogP contribution in [0.25, 0.3) is 0 Å². The van der Waals surface area contributed by atoms with Crippen molar-refractivity contribution in [2.45, 2.75) is 52.1 Å². The molecule has 0 amide bonds. The maximum atomic E-state index is 11.7. The Kier molecular flexibility index (Phi) is 7.62. The second kappa shape index (κ2) is 9.73. The predicted molar refractivity (Wildman–Crippen MR) is 113 cm³/mol. The second-order valence-electron chi connectivity index (χ2n) is 7.00. The van der Waals surface area contributed by atoms with Crippen LogP contribution >= 0.6 is 0 Å². The maximum absolute atomic E-state index is 11.7. The third-order valence-electron chi connectivity index (χ3n) is 4.35. The zero-order valence-electron chi connectivity index (χ0n) is 17.4. The lowest BCUT2D eigenvalue weighted by atomic mass is 10.1. The number of nitrogens with zero attached hydrogens (tertiary/aromatic N) is 3. The Hall–Kier alpha value is -2.35. The number of hydrogen-bond acceptors (Lipinski definition) is 4. The molecule has 8 heteroatoms. The van der Waals surface area contributed by atoms with Crippen LogP contribution in [0.1, 0.15) is 35.9 Å². The van der Waals surface area contributed by atoms with Crippen LogP contribution in [0, 0.1) is 20.8 Å². The third-order valence-corrected chi connectivity index (χ3v) is 5.60. The minimum Gasteiger partial charge on any atom is -0.357 e. The van der Waals surface area contributed by atoms with Gasteiger partial charge in [-0.2, -0.15) is 5.10 Å². The summed E-state index contributed by atoms with van der Waals surface area (Å²) in [6.45, 7) is 10.8. The second-order valence-corrected chi connectivity index (χ2v) is 8.98. The highest BCUT2D eigenvalue weighted by Crippen LogP contribution is 2.17. The number of rotatable bonds is 8. The van der Waals surface area contributed by atoms with E-state index < -0.39 is 9.84 Å². The number of guanidine groups is 1. The van der Waals surface area contributed by atoms with Gasteiger partial charge in [-0.15, -0.1) is 0 Å². The molecule has 0 saturated heterocycles. The molecule has 0 bridgehead atoms. The monoisotopic (exact) mass is 405 g/mol. The van der Waals surface area contributed by atoms with Crippen LogP contribution in [-0.4, -0.2) is 43.5 Å². The molecular formula is C20H31N5O2S. The van der Waals surface area contributed by atoms with E-state index in [9.17, 15) is 8.42 Å². The van der Waals surface area contributed by atoms with E-state index in [-0.39, 0.29) is 0 Å². The summed E-state index contributed by atoms with van der Waals surface area (Å²) in [6.07, 6.45) is 2.17. The highest BCUT2D eigenvalue weighted by atomic mass is 32.2. The molecule has 2 aromatic rings. The lowest BCUT2D eigenvalue weighted by molar-refractivity contribution is 0.555. The number of aromatic nitrogens is 2. The molecule has 0 aliphatic heterocycles. The van der Waals surface area contributed by atoms with Gasteiger partial charge in [0.05, 0.1) is 17.1 Å². The van der Waals surface area contributed by atoms with Crippen LogP contribution in [0.2, 0.25) is 0 Å². The molecule has 0 atom stereocenters. The van der Waals surface area contributed by atoms with Gasteiger partial charge in [-0.25, -0.2) is 13.4 Å². The van der Waals surface area contributed by atoms with Crippen molar-refractivity contribution in [2.75, 3.05) is 19.3 Å². The molecule has 0 unspecified atom stereocenters. The van der Waals surface area contributed by atoms with E-state index in [1.165, 1.54) is 11.9 Å². The van der Waals surface area contributed by atoms with Crippen LogP contribution in [0.3, 0.4) is 0 Å². The molecule has 1 heterocycles. The topological polar surface area (TPSA) is 88.4 Å². The van der Waals surface area contributed by atoms with E-state index in [2.05, 4.69) is 33.7 Å². The van der Waals surface area contributed by atoms with E-state index in [1.807, 2.05) is 37.6 Å². The molecule has 0 fully saturated rings. The van der Waals surface area contributed by atoms with E-state index in [4.69, 9.17) is 0 Å². The van der Waals surface area contributed by atoms with E-state index >= 15 is 0 Å². The number of benzene rings is 1. The highest BCUT2D eigenvalue weighted by molar-refractivity contribution is 7.90. The molecule has 1 aromatic carbocycles. The summed E-state index contributed by atoms with van der Waals surface area (Å²) < 4.78 is 25.5. The van der Waals surface area contributed by atoms with E-state index in [0.717, 1.165) is 48.8 Å². The molecule has 2 rings (SSSR count). The summed E-state index contributed by atoms with van der Waals surface area (Å²) in [5, 5.41) is 11.0. The Bertz CT molecular complexity index is 932. The molecule has 1 aromatic heterocycles. The Morgan fingerprint density at radius 2 is 1.93 bits per heavy atom. The standard InChI is InChI=1S/C20H31N5O2S/c1-6-21-20(22-10-7-11-25-17(4)13-16(3)24-25)23-14-18-8-9-19(15(2)12-18)28(5,26)27/h8-9,12-13H,6-7,10-11,14H2,1-5H3,(H2,21,22,23). The predicted octanol–water partition coefficient (Wildman–Crippen LogP) is 2.36. The largest absolute Gasteiger partial charge is 0.357 e. The molecule has 0 saturated carbocycles. The number of nitrogens with one attached hydrogen (secondary N) is 2. The van der Waals surface area contributed by atoms with Gasteiger partial charge in [0.2, 0.25) is 0 Å². The first-order valence-corrected chi connectivity index (χ1v) is 11.4. The first-order chi connectivity index (χ1) is 13.2. The van der Waals surface area contributed by atoms with Crippen molar-refractivity contribution in [2.24, 2.45) is 4.99 Å². The van der Waals surface area contributed by atoms with Crippen molar-refractivity contribution in [3.05, 3.63) is 46.8 Å². The van der Waals surface area contributed by atoms with Gasteiger partial charge < -0.3 is 10.6 Å². The van der Waals surface area contributed by atoms with Crippen molar-refractivity contribution in [3.63, 3.8) is 0 Å². The minimum atomic E-state index is -3.20.